The minimum atomic E-state index is -3.82. The Hall–Kier alpha value is -3.12. The van der Waals surface area contributed by atoms with Crippen molar-refractivity contribution in [2.24, 2.45) is 5.92 Å². The normalized spacial score (nSPS) is 15.0. The molecule has 208 valence electrons. The molecule has 0 unspecified atom stereocenters. The summed E-state index contributed by atoms with van der Waals surface area (Å²) in [5.74, 6) is -0.0876. The van der Waals surface area contributed by atoms with Gasteiger partial charge in [0.25, 0.3) is 10.0 Å². The maximum Gasteiger partial charge on any atom is 0.261 e. The molecule has 0 aromatic heterocycles. The summed E-state index contributed by atoms with van der Waals surface area (Å²) >= 11 is 5.97. The fourth-order valence-corrected chi connectivity index (χ4v) is 7.11. The van der Waals surface area contributed by atoms with E-state index < -0.39 is 20.0 Å². The van der Waals surface area contributed by atoms with Crippen molar-refractivity contribution < 1.29 is 26.4 Å². The molecule has 12 heteroatoms. The minimum absolute atomic E-state index is 0.0487. The van der Waals surface area contributed by atoms with Crippen LogP contribution in [0.4, 0.5) is 11.4 Å². The molecular weight excluding hydrogens is 562 g/mol. The summed E-state index contributed by atoms with van der Waals surface area (Å²) in [4.78, 5) is 12.9. The monoisotopic (exact) mass is 591 g/mol. The molecule has 0 radical (unpaired) electrons. The average Bonchev–Trinajstić information content (AvgIpc) is 2.90. The smallest absolute Gasteiger partial charge is 0.261 e. The Morgan fingerprint density at radius 1 is 0.949 bits per heavy atom. The number of hydrogen-bond acceptors (Lipinski definition) is 6. The van der Waals surface area contributed by atoms with Gasteiger partial charge in [-0.1, -0.05) is 23.7 Å². The number of halogens is 1. The Labute approximate surface area is 234 Å². The molecule has 0 aliphatic carbocycles. The van der Waals surface area contributed by atoms with Gasteiger partial charge in [-0.15, -0.1) is 0 Å². The van der Waals surface area contributed by atoms with Crippen LogP contribution in [0.25, 0.3) is 0 Å². The summed E-state index contributed by atoms with van der Waals surface area (Å²) in [6, 6.07) is 19.2. The second-order valence-electron chi connectivity index (χ2n) is 9.14. The third-order valence-electron chi connectivity index (χ3n) is 6.31. The number of nitrogens with zero attached hydrogens (tertiary/aromatic N) is 1. The third kappa shape index (κ3) is 7.72. The van der Waals surface area contributed by atoms with Gasteiger partial charge in [-0.3, -0.25) is 9.52 Å². The first-order valence-electron chi connectivity index (χ1n) is 12.4. The number of nitrogens with one attached hydrogen (secondary N) is 2. The van der Waals surface area contributed by atoms with Crippen LogP contribution in [0.3, 0.4) is 0 Å². The van der Waals surface area contributed by atoms with Crippen molar-refractivity contribution in [3.8, 4) is 5.75 Å². The summed E-state index contributed by atoms with van der Waals surface area (Å²) < 4.78 is 60.4. The van der Waals surface area contributed by atoms with E-state index in [1.807, 2.05) is 6.92 Å². The number of carbonyl (C=O) groups excluding carboxylic acids is 1. The Bertz CT molecular complexity index is 1500. The van der Waals surface area contributed by atoms with E-state index >= 15 is 0 Å². The average molecular weight is 592 g/mol. The second kappa shape index (κ2) is 12.4. The molecule has 0 bridgehead atoms. The molecule has 1 aliphatic heterocycles. The molecule has 0 saturated carbocycles. The highest BCUT2D eigenvalue weighted by Crippen LogP contribution is 2.25. The predicted octanol–water partition coefficient (Wildman–Crippen LogP) is 4.72. The maximum absolute atomic E-state index is 12.8. The summed E-state index contributed by atoms with van der Waals surface area (Å²) in [6.07, 6.45) is 0.776. The van der Waals surface area contributed by atoms with Gasteiger partial charge in [0.15, 0.2) is 0 Å². The van der Waals surface area contributed by atoms with Crippen LogP contribution in [0, 0.1) is 5.92 Å². The Morgan fingerprint density at radius 3 is 2.21 bits per heavy atom. The SMILES string of the molecule is CCOc1ccc(NS(=O)(=O)c2ccc(NC(=O)C3CCN(S(=O)(=O)Cc4cccc(Cl)c4)CC3)cc2)cc1. The standard InChI is InChI=1S/C27H30ClN3O6S2/c1-2-37-25-10-6-24(7-11-25)30-39(35,36)26-12-8-23(9-13-26)29-27(32)21-14-16-31(17-15-21)38(33,34)19-20-4-3-5-22(28)18-20/h3-13,18,21,30H,2,14-17,19H2,1H3,(H,29,32). The number of anilines is 2. The Balaban J connectivity index is 1.30. The number of hydrogen-bond donors (Lipinski definition) is 2. The molecule has 1 aliphatic rings. The number of benzene rings is 3. The largest absolute Gasteiger partial charge is 0.494 e. The zero-order valence-corrected chi connectivity index (χ0v) is 23.7. The molecule has 0 atom stereocenters. The number of piperidine rings is 1. The molecule has 4 rings (SSSR count). The Morgan fingerprint density at radius 2 is 1.59 bits per heavy atom. The van der Waals surface area contributed by atoms with Gasteiger partial charge in [-0.2, -0.15) is 0 Å². The minimum Gasteiger partial charge on any atom is -0.494 e. The molecule has 9 nitrogen and oxygen atoms in total. The maximum atomic E-state index is 12.8. The van der Waals surface area contributed by atoms with Gasteiger partial charge in [-0.25, -0.2) is 21.1 Å². The number of rotatable bonds is 10. The molecule has 0 spiro atoms. The van der Waals surface area contributed by atoms with Gasteiger partial charge in [0.2, 0.25) is 15.9 Å². The fraction of sp³-hybridized carbons (Fsp3) is 0.296. The van der Waals surface area contributed by atoms with Crippen molar-refractivity contribution in [3.05, 3.63) is 83.4 Å². The number of ether oxygens (including phenoxy) is 1. The molecule has 1 amide bonds. The van der Waals surface area contributed by atoms with Crippen LogP contribution in [0.15, 0.2) is 77.7 Å². The number of carbonyl (C=O) groups is 1. The summed E-state index contributed by atoms with van der Waals surface area (Å²) in [5, 5.41) is 3.29. The first-order chi connectivity index (χ1) is 18.6. The van der Waals surface area contributed by atoms with Crippen LogP contribution in [0.1, 0.15) is 25.3 Å². The molecule has 3 aromatic rings. The van der Waals surface area contributed by atoms with E-state index in [1.165, 1.54) is 28.6 Å². The van der Waals surface area contributed by atoms with Crippen LogP contribution >= 0.6 is 11.6 Å². The van der Waals surface area contributed by atoms with Gasteiger partial charge >= 0.3 is 0 Å². The summed E-state index contributed by atoms with van der Waals surface area (Å²) in [7, 11) is -7.36. The zero-order valence-electron chi connectivity index (χ0n) is 21.3. The van der Waals surface area contributed by atoms with Crippen molar-refractivity contribution in [2.45, 2.75) is 30.4 Å². The van der Waals surface area contributed by atoms with Gasteiger partial charge in [0.05, 0.1) is 17.3 Å². The van der Waals surface area contributed by atoms with Crippen molar-refractivity contribution in [1.82, 2.24) is 4.31 Å². The van der Waals surface area contributed by atoms with Gasteiger partial charge < -0.3 is 10.1 Å². The topological polar surface area (TPSA) is 122 Å². The third-order valence-corrected chi connectivity index (χ3v) is 9.79. The van der Waals surface area contributed by atoms with E-state index in [1.54, 1.807) is 48.5 Å². The highest BCUT2D eigenvalue weighted by molar-refractivity contribution is 7.92. The molecule has 1 fully saturated rings. The number of sulfonamides is 2. The predicted molar refractivity (Wildman–Crippen MR) is 152 cm³/mol. The van der Waals surface area contributed by atoms with E-state index in [9.17, 15) is 21.6 Å². The van der Waals surface area contributed by atoms with E-state index in [0.717, 1.165) is 0 Å². The molecule has 2 N–H and O–H groups in total. The van der Waals surface area contributed by atoms with Crippen molar-refractivity contribution in [3.63, 3.8) is 0 Å². The molecule has 39 heavy (non-hydrogen) atoms. The van der Waals surface area contributed by atoms with Crippen LogP contribution < -0.4 is 14.8 Å². The van der Waals surface area contributed by atoms with Crippen LogP contribution in [-0.2, 0) is 30.6 Å². The lowest BCUT2D eigenvalue weighted by Gasteiger charge is -2.30. The zero-order chi connectivity index (χ0) is 28.0. The van der Waals surface area contributed by atoms with Crippen molar-refractivity contribution >= 4 is 48.9 Å². The van der Waals surface area contributed by atoms with Crippen LogP contribution in [0.2, 0.25) is 5.02 Å². The van der Waals surface area contributed by atoms with Crippen LogP contribution in [0.5, 0.6) is 5.75 Å². The lowest BCUT2D eigenvalue weighted by atomic mass is 9.97. The van der Waals surface area contributed by atoms with Gasteiger partial charge in [-0.05, 0) is 86.0 Å². The highest BCUT2D eigenvalue weighted by atomic mass is 35.5. The molecular formula is C27H30ClN3O6S2. The Kier molecular flexibility index (Phi) is 9.16. The number of amides is 1. The molecule has 1 saturated heterocycles. The summed E-state index contributed by atoms with van der Waals surface area (Å²) in [6.45, 7) is 2.87. The summed E-state index contributed by atoms with van der Waals surface area (Å²) in [5.41, 5.74) is 1.47. The lowest BCUT2D eigenvalue weighted by molar-refractivity contribution is -0.120. The first kappa shape index (κ1) is 28.9. The fourth-order valence-electron chi connectivity index (χ4n) is 4.29. The van der Waals surface area contributed by atoms with E-state index in [2.05, 4.69) is 10.0 Å². The van der Waals surface area contributed by atoms with E-state index in [4.69, 9.17) is 16.3 Å². The highest BCUT2D eigenvalue weighted by Gasteiger charge is 2.31. The van der Waals surface area contributed by atoms with E-state index in [0.29, 0.717) is 47.2 Å². The van der Waals surface area contributed by atoms with Crippen molar-refractivity contribution in [1.29, 1.82) is 0 Å². The lowest BCUT2D eigenvalue weighted by Crippen LogP contribution is -2.41. The van der Waals surface area contributed by atoms with Gasteiger partial charge in [0.1, 0.15) is 5.75 Å². The second-order valence-corrected chi connectivity index (χ2v) is 13.2. The van der Waals surface area contributed by atoms with Crippen LogP contribution in [-0.4, -0.2) is 46.7 Å². The van der Waals surface area contributed by atoms with Gasteiger partial charge in [0, 0.05) is 35.4 Å². The van der Waals surface area contributed by atoms with Crippen molar-refractivity contribution in [2.75, 3.05) is 29.7 Å². The molecule has 3 aromatic carbocycles. The van der Waals surface area contributed by atoms with E-state index in [-0.39, 0.29) is 35.6 Å². The quantitative estimate of drug-likeness (QED) is 0.352. The molecule has 1 heterocycles. The first-order valence-corrected chi connectivity index (χ1v) is 15.9.